The summed E-state index contributed by atoms with van der Waals surface area (Å²) in [6.45, 7) is 3.74. The first-order valence-electron chi connectivity index (χ1n) is 8.55. The number of rotatable bonds is 5. The third-order valence-electron chi connectivity index (χ3n) is 4.67. The molecule has 134 valence electrons. The molecular formula is C19H20N4O2S. The number of hydrogen-bond acceptors (Lipinski definition) is 6. The minimum atomic E-state index is -0.261. The summed E-state index contributed by atoms with van der Waals surface area (Å²) < 4.78 is 7.11. The molecule has 2 atom stereocenters. The van der Waals surface area contributed by atoms with Crippen molar-refractivity contribution in [3.63, 3.8) is 0 Å². The fourth-order valence-electron chi connectivity index (χ4n) is 3.48. The molecule has 0 spiro atoms. The molecule has 4 rings (SSSR count). The molecular weight excluding hydrogens is 348 g/mol. The average Bonchev–Trinajstić information content (AvgIpc) is 3.07. The standard InChI is InChI=1S/C19H20N4O2S/c1-3-11-26-19-21-18-20-14-5-4-6-15(24)16(14)17(23(18)22-19)12-7-9-13(25-2)10-8-12/h3,5,7-10,16-17H,1,4,6,11H2,2H3,(H,20,21,22)/t16-,17-/m0/s1. The largest absolute Gasteiger partial charge is 0.497 e. The maximum absolute atomic E-state index is 12.7. The van der Waals surface area contributed by atoms with Gasteiger partial charge in [0, 0.05) is 17.9 Å². The van der Waals surface area contributed by atoms with Crippen LogP contribution >= 0.6 is 11.8 Å². The van der Waals surface area contributed by atoms with E-state index in [1.54, 1.807) is 7.11 Å². The van der Waals surface area contributed by atoms with Gasteiger partial charge in [-0.05, 0) is 24.1 Å². The van der Waals surface area contributed by atoms with E-state index in [0.29, 0.717) is 17.5 Å². The van der Waals surface area contributed by atoms with Gasteiger partial charge in [0.25, 0.3) is 0 Å². The lowest BCUT2D eigenvalue weighted by Crippen LogP contribution is -2.38. The highest BCUT2D eigenvalue weighted by molar-refractivity contribution is 7.99. The van der Waals surface area contributed by atoms with E-state index in [2.05, 4.69) is 28.1 Å². The number of carbonyl (C=O) groups excluding carboxylic acids is 1. The lowest BCUT2D eigenvalue weighted by Gasteiger charge is -2.36. The first-order chi connectivity index (χ1) is 12.7. The van der Waals surface area contributed by atoms with E-state index in [1.807, 2.05) is 35.0 Å². The van der Waals surface area contributed by atoms with E-state index in [9.17, 15) is 4.79 Å². The number of ketones is 1. The second kappa shape index (κ2) is 6.99. The number of fused-ring (bicyclic) bond motifs is 2. The molecule has 2 aromatic rings. The van der Waals surface area contributed by atoms with Crippen molar-refractivity contribution in [1.82, 2.24) is 14.8 Å². The van der Waals surface area contributed by atoms with Gasteiger partial charge in [0.1, 0.15) is 11.5 Å². The van der Waals surface area contributed by atoms with Gasteiger partial charge in [0.15, 0.2) is 0 Å². The molecule has 1 N–H and O–H groups in total. The fraction of sp³-hybridized carbons (Fsp3) is 0.316. The fourth-order valence-corrected chi connectivity index (χ4v) is 4.05. The number of anilines is 1. The molecule has 0 saturated carbocycles. The van der Waals surface area contributed by atoms with Gasteiger partial charge in [0.2, 0.25) is 11.1 Å². The van der Waals surface area contributed by atoms with Crippen molar-refractivity contribution in [3.05, 3.63) is 54.3 Å². The number of carbonyl (C=O) groups is 1. The molecule has 0 fully saturated rings. The van der Waals surface area contributed by atoms with Crippen LogP contribution in [0.1, 0.15) is 24.4 Å². The number of thioether (sulfide) groups is 1. The number of nitrogens with one attached hydrogen (secondary N) is 1. The second-order valence-electron chi connectivity index (χ2n) is 6.25. The Bertz CT molecular complexity index is 872. The van der Waals surface area contributed by atoms with Gasteiger partial charge in [-0.2, -0.15) is 4.98 Å². The van der Waals surface area contributed by atoms with Gasteiger partial charge in [-0.3, -0.25) is 4.79 Å². The van der Waals surface area contributed by atoms with E-state index >= 15 is 0 Å². The Morgan fingerprint density at radius 3 is 2.96 bits per heavy atom. The number of ether oxygens (including phenoxy) is 1. The zero-order valence-electron chi connectivity index (χ0n) is 14.5. The number of hydrogen-bond donors (Lipinski definition) is 1. The van der Waals surface area contributed by atoms with Crippen LogP contribution in [0.25, 0.3) is 0 Å². The predicted molar refractivity (Wildman–Crippen MR) is 102 cm³/mol. The Hall–Kier alpha value is -2.54. The molecule has 1 aromatic carbocycles. The number of nitrogens with zero attached hydrogens (tertiary/aromatic N) is 3. The smallest absolute Gasteiger partial charge is 0.227 e. The average molecular weight is 368 g/mol. The van der Waals surface area contributed by atoms with Crippen molar-refractivity contribution < 1.29 is 9.53 Å². The molecule has 1 aliphatic carbocycles. The molecule has 2 heterocycles. The van der Waals surface area contributed by atoms with Crippen molar-refractivity contribution in [1.29, 1.82) is 0 Å². The number of benzene rings is 1. The van der Waals surface area contributed by atoms with Crippen LogP contribution in [0.15, 0.2) is 53.8 Å². The highest BCUT2D eigenvalue weighted by Crippen LogP contribution is 2.42. The van der Waals surface area contributed by atoms with Gasteiger partial charge in [-0.15, -0.1) is 11.7 Å². The third kappa shape index (κ3) is 2.92. The molecule has 1 aromatic heterocycles. The normalized spacial score (nSPS) is 21.3. The Morgan fingerprint density at radius 2 is 2.23 bits per heavy atom. The number of Topliss-reactive ketones (excluding diaryl/α,β-unsaturated/α-hetero) is 1. The maximum Gasteiger partial charge on any atom is 0.227 e. The maximum atomic E-state index is 12.7. The molecule has 6 nitrogen and oxygen atoms in total. The first kappa shape index (κ1) is 16.9. The van der Waals surface area contributed by atoms with Gasteiger partial charge in [0.05, 0.1) is 19.1 Å². The SMILES string of the molecule is C=CCSc1nc2n(n1)[C@@H](c1ccc(OC)cc1)[C@@H]1C(=O)CCC=C1N2. The second-order valence-corrected chi connectivity index (χ2v) is 7.23. The Morgan fingerprint density at radius 1 is 1.42 bits per heavy atom. The molecule has 2 aliphatic rings. The zero-order chi connectivity index (χ0) is 18.1. The summed E-state index contributed by atoms with van der Waals surface area (Å²) in [6.07, 6.45) is 5.26. The monoisotopic (exact) mass is 368 g/mol. The lowest BCUT2D eigenvalue weighted by molar-refractivity contribution is -0.123. The van der Waals surface area contributed by atoms with Gasteiger partial charge < -0.3 is 10.1 Å². The van der Waals surface area contributed by atoms with Crippen LogP contribution in [-0.2, 0) is 4.79 Å². The molecule has 0 saturated heterocycles. The Kier molecular flexibility index (Phi) is 4.55. The highest BCUT2D eigenvalue weighted by atomic mass is 32.2. The highest BCUT2D eigenvalue weighted by Gasteiger charge is 2.41. The molecule has 0 radical (unpaired) electrons. The summed E-state index contributed by atoms with van der Waals surface area (Å²) in [7, 11) is 1.64. The van der Waals surface area contributed by atoms with Crippen LogP contribution in [0.5, 0.6) is 5.75 Å². The quantitative estimate of drug-likeness (QED) is 0.644. The summed E-state index contributed by atoms with van der Waals surface area (Å²) in [5, 5.41) is 8.65. The molecule has 0 bridgehead atoms. The number of aromatic nitrogens is 3. The van der Waals surface area contributed by atoms with Crippen LogP contribution in [0, 0.1) is 5.92 Å². The van der Waals surface area contributed by atoms with Crippen LogP contribution in [-0.4, -0.2) is 33.4 Å². The van der Waals surface area contributed by atoms with Crippen LogP contribution in [0.4, 0.5) is 5.95 Å². The van der Waals surface area contributed by atoms with E-state index in [0.717, 1.165) is 29.2 Å². The van der Waals surface area contributed by atoms with Crippen molar-refractivity contribution in [2.75, 3.05) is 18.2 Å². The first-order valence-corrected chi connectivity index (χ1v) is 9.54. The van der Waals surface area contributed by atoms with Crippen molar-refractivity contribution >= 4 is 23.5 Å². The van der Waals surface area contributed by atoms with E-state index in [4.69, 9.17) is 4.74 Å². The van der Waals surface area contributed by atoms with E-state index < -0.39 is 0 Å². The van der Waals surface area contributed by atoms with E-state index in [-0.39, 0.29) is 17.7 Å². The molecule has 0 unspecified atom stereocenters. The lowest BCUT2D eigenvalue weighted by atomic mass is 9.81. The van der Waals surface area contributed by atoms with Crippen LogP contribution in [0.2, 0.25) is 0 Å². The summed E-state index contributed by atoms with van der Waals surface area (Å²) in [6, 6.07) is 7.62. The Labute approximate surface area is 156 Å². The summed E-state index contributed by atoms with van der Waals surface area (Å²) in [5.74, 6) is 2.17. The van der Waals surface area contributed by atoms with Crippen molar-refractivity contribution in [3.8, 4) is 5.75 Å². The zero-order valence-corrected chi connectivity index (χ0v) is 15.3. The van der Waals surface area contributed by atoms with Crippen LogP contribution < -0.4 is 10.1 Å². The number of allylic oxidation sites excluding steroid dienone is 2. The third-order valence-corrected chi connectivity index (χ3v) is 5.51. The van der Waals surface area contributed by atoms with Gasteiger partial charge in [-0.1, -0.05) is 36.0 Å². The molecule has 1 aliphatic heterocycles. The molecule has 7 heteroatoms. The summed E-state index contributed by atoms with van der Waals surface area (Å²) in [5.41, 5.74) is 1.95. The van der Waals surface area contributed by atoms with Gasteiger partial charge >= 0.3 is 0 Å². The topological polar surface area (TPSA) is 69.0 Å². The number of methoxy groups -OCH3 is 1. The minimum absolute atomic E-state index is 0.207. The summed E-state index contributed by atoms with van der Waals surface area (Å²) in [4.78, 5) is 17.3. The predicted octanol–water partition coefficient (Wildman–Crippen LogP) is 3.44. The van der Waals surface area contributed by atoms with Crippen LogP contribution in [0.3, 0.4) is 0 Å². The van der Waals surface area contributed by atoms with Crippen molar-refractivity contribution in [2.24, 2.45) is 5.92 Å². The molecule has 0 amide bonds. The minimum Gasteiger partial charge on any atom is -0.497 e. The van der Waals surface area contributed by atoms with E-state index in [1.165, 1.54) is 11.8 Å². The van der Waals surface area contributed by atoms with Crippen molar-refractivity contribution in [2.45, 2.75) is 24.0 Å². The Balaban J connectivity index is 1.80. The van der Waals surface area contributed by atoms with Gasteiger partial charge in [-0.25, -0.2) is 4.68 Å². The summed E-state index contributed by atoms with van der Waals surface area (Å²) >= 11 is 1.53. The molecule has 26 heavy (non-hydrogen) atoms.